The van der Waals surface area contributed by atoms with Gasteiger partial charge in [-0.05, 0) is 37.6 Å². The largest absolute Gasteiger partial charge is 0.379 e. The first-order chi connectivity index (χ1) is 16.7. The van der Waals surface area contributed by atoms with Crippen LogP contribution in [-0.4, -0.2) is 12.4 Å². The maximum atomic E-state index is 14.0. The van der Waals surface area contributed by atoms with Crippen molar-refractivity contribution in [2.24, 2.45) is 4.99 Å². The second kappa shape index (κ2) is 11.7. The number of nitrogens with one attached hydrogen (secondary N) is 2. The van der Waals surface area contributed by atoms with Gasteiger partial charge < -0.3 is 10.6 Å². The van der Waals surface area contributed by atoms with Crippen LogP contribution in [0.5, 0.6) is 0 Å². The number of hydrogen-bond donors (Lipinski definition) is 2. The third-order valence-corrected chi connectivity index (χ3v) is 5.47. The lowest BCUT2D eigenvalue weighted by atomic mass is 10.0. The van der Waals surface area contributed by atoms with E-state index in [1.807, 2.05) is 37.3 Å². The zero-order valence-electron chi connectivity index (χ0n) is 19.2. The van der Waals surface area contributed by atoms with Crippen LogP contribution in [-0.2, 0) is 0 Å². The molecule has 1 heterocycles. The molecule has 2 N–H and O–H groups in total. The summed E-state index contributed by atoms with van der Waals surface area (Å²) in [4.78, 5) is 4.23. The molecule has 35 heavy (non-hydrogen) atoms. The molecule has 0 amide bonds. The Morgan fingerprint density at radius 1 is 0.971 bits per heavy atom. The van der Waals surface area contributed by atoms with Crippen molar-refractivity contribution in [1.29, 1.82) is 0 Å². The second-order valence-corrected chi connectivity index (χ2v) is 8.27. The minimum absolute atomic E-state index is 0.0372. The summed E-state index contributed by atoms with van der Waals surface area (Å²) in [6.45, 7) is 8.07. The summed E-state index contributed by atoms with van der Waals surface area (Å²) in [7, 11) is 0. The van der Waals surface area contributed by atoms with Gasteiger partial charge in [-0.15, -0.1) is 0 Å². The number of allylic oxidation sites excluding steroid dienone is 1. The van der Waals surface area contributed by atoms with Gasteiger partial charge in [-0.25, -0.2) is 17.6 Å². The molecular weight excluding hydrogens is 478 g/mol. The molecule has 3 aromatic rings. The molecule has 182 valence electrons. The quantitative estimate of drug-likeness (QED) is 0.367. The van der Waals surface area contributed by atoms with E-state index < -0.39 is 17.5 Å². The van der Waals surface area contributed by atoms with Crippen molar-refractivity contribution < 1.29 is 17.6 Å². The van der Waals surface area contributed by atoms with E-state index in [0.717, 1.165) is 11.1 Å². The van der Waals surface area contributed by atoms with Gasteiger partial charge in [0.2, 0.25) is 0 Å². The van der Waals surface area contributed by atoms with Crippen molar-refractivity contribution in [3.63, 3.8) is 0 Å². The van der Waals surface area contributed by atoms with Gasteiger partial charge in [0.1, 0.15) is 29.1 Å². The molecule has 0 saturated carbocycles. The number of aliphatic imine (C=N–C) groups is 1. The summed E-state index contributed by atoms with van der Waals surface area (Å²) >= 11 is 5.40. The zero-order valence-corrected chi connectivity index (χ0v) is 19.9. The van der Waals surface area contributed by atoms with Gasteiger partial charge in [0, 0.05) is 40.2 Å². The van der Waals surface area contributed by atoms with Crippen LogP contribution in [0.3, 0.4) is 0 Å². The lowest BCUT2D eigenvalue weighted by Gasteiger charge is -2.25. The standard InChI is InChI=1S/C21H20F3N3.C6H4ClF/c1-12(15-7-5-4-6-8-15)26-13(2)17-11-25-21(27-14(17)3)20-18(23)9-16(22)10-19(20)24;7-5-2-1-3-6(8)4-5/h4-10,12,26H,2,11H2,1,3H3,(H,25,27);1-4H. The fourth-order valence-electron chi connectivity index (χ4n) is 3.43. The Morgan fingerprint density at radius 3 is 2.17 bits per heavy atom. The van der Waals surface area contributed by atoms with Crippen molar-refractivity contribution in [3.05, 3.63) is 130 Å². The molecular formula is C27H24ClF4N3. The van der Waals surface area contributed by atoms with E-state index >= 15 is 0 Å². The van der Waals surface area contributed by atoms with Gasteiger partial charge in [-0.3, -0.25) is 4.99 Å². The SMILES string of the molecule is C=C(NC(C)c1ccccc1)C1=C(C)NC(c2c(F)cc(F)cc2F)=NC1.Fc1cccc(Cl)c1. The van der Waals surface area contributed by atoms with E-state index in [2.05, 4.69) is 22.2 Å². The third kappa shape index (κ3) is 6.96. The smallest absolute Gasteiger partial charge is 0.140 e. The van der Waals surface area contributed by atoms with Crippen molar-refractivity contribution in [1.82, 2.24) is 10.6 Å². The lowest BCUT2D eigenvalue weighted by molar-refractivity contribution is 0.539. The molecule has 3 nitrogen and oxygen atoms in total. The van der Waals surface area contributed by atoms with E-state index in [-0.39, 0.29) is 29.8 Å². The van der Waals surface area contributed by atoms with Crippen LogP contribution in [0.2, 0.25) is 5.02 Å². The third-order valence-electron chi connectivity index (χ3n) is 5.24. The van der Waals surface area contributed by atoms with E-state index in [0.29, 0.717) is 28.5 Å². The number of rotatable bonds is 5. The first kappa shape index (κ1) is 26.0. The monoisotopic (exact) mass is 501 g/mol. The average Bonchev–Trinajstić information content (AvgIpc) is 2.79. The highest BCUT2D eigenvalue weighted by molar-refractivity contribution is 6.30. The number of nitrogens with zero attached hydrogens (tertiary/aromatic N) is 1. The van der Waals surface area contributed by atoms with E-state index in [9.17, 15) is 17.6 Å². The molecule has 8 heteroatoms. The van der Waals surface area contributed by atoms with E-state index in [1.165, 1.54) is 12.1 Å². The highest BCUT2D eigenvalue weighted by Gasteiger charge is 2.22. The van der Waals surface area contributed by atoms with Crippen molar-refractivity contribution >= 4 is 17.4 Å². The fourth-order valence-corrected chi connectivity index (χ4v) is 3.61. The number of hydrogen-bond acceptors (Lipinski definition) is 3. The Kier molecular flexibility index (Phi) is 8.71. The minimum atomic E-state index is -0.996. The molecule has 0 aliphatic carbocycles. The Bertz CT molecular complexity index is 1230. The Morgan fingerprint density at radius 2 is 1.63 bits per heavy atom. The molecule has 1 aliphatic heterocycles. The number of benzene rings is 3. The Hall–Kier alpha value is -3.58. The molecule has 0 radical (unpaired) electrons. The highest BCUT2D eigenvalue weighted by Crippen LogP contribution is 2.22. The summed E-state index contributed by atoms with van der Waals surface area (Å²) < 4.78 is 53.2. The molecule has 0 aromatic heterocycles. The molecule has 3 aromatic carbocycles. The van der Waals surface area contributed by atoms with Gasteiger partial charge in [0.05, 0.1) is 12.1 Å². The minimum Gasteiger partial charge on any atom is -0.379 e. The normalized spacial score (nSPS) is 13.7. The first-order valence-electron chi connectivity index (χ1n) is 10.7. The van der Waals surface area contributed by atoms with Gasteiger partial charge >= 0.3 is 0 Å². The summed E-state index contributed by atoms with van der Waals surface area (Å²) in [5, 5.41) is 6.66. The molecule has 1 atom stereocenters. The van der Waals surface area contributed by atoms with Crippen LogP contribution >= 0.6 is 11.6 Å². The van der Waals surface area contributed by atoms with Crippen molar-refractivity contribution in [3.8, 4) is 0 Å². The Balaban J connectivity index is 0.000000363. The maximum absolute atomic E-state index is 14.0. The fraction of sp³-hybridized carbons (Fsp3) is 0.148. The summed E-state index contributed by atoms with van der Waals surface area (Å²) in [6, 6.07) is 17.0. The van der Waals surface area contributed by atoms with Crippen LogP contribution in [0, 0.1) is 23.3 Å². The van der Waals surface area contributed by atoms with Crippen LogP contribution in [0.15, 0.2) is 95.3 Å². The lowest BCUT2D eigenvalue weighted by Crippen LogP contribution is -2.32. The summed E-state index contributed by atoms with van der Waals surface area (Å²) in [5.41, 5.74) is 2.91. The van der Waals surface area contributed by atoms with Crippen LogP contribution in [0.25, 0.3) is 0 Å². The molecule has 0 saturated heterocycles. The van der Waals surface area contributed by atoms with Gasteiger partial charge in [0.25, 0.3) is 0 Å². The van der Waals surface area contributed by atoms with Gasteiger partial charge in [-0.2, -0.15) is 0 Å². The molecule has 0 spiro atoms. The maximum Gasteiger partial charge on any atom is 0.140 e. The predicted molar refractivity (Wildman–Crippen MR) is 132 cm³/mol. The summed E-state index contributed by atoms with van der Waals surface area (Å²) in [6.07, 6.45) is 0. The number of amidine groups is 1. The summed E-state index contributed by atoms with van der Waals surface area (Å²) in [5.74, 6) is -3.22. The van der Waals surface area contributed by atoms with Crippen LogP contribution in [0.4, 0.5) is 17.6 Å². The van der Waals surface area contributed by atoms with E-state index in [1.54, 1.807) is 19.1 Å². The van der Waals surface area contributed by atoms with E-state index in [4.69, 9.17) is 11.6 Å². The molecule has 0 fully saturated rings. The Labute approximate surface area is 206 Å². The van der Waals surface area contributed by atoms with Gasteiger partial charge in [0.15, 0.2) is 0 Å². The average molecular weight is 502 g/mol. The van der Waals surface area contributed by atoms with Crippen LogP contribution < -0.4 is 10.6 Å². The molecule has 0 bridgehead atoms. The highest BCUT2D eigenvalue weighted by atomic mass is 35.5. The predicted octanol–water partition coefficient (Wildman–Crippen LogP) is 7.07. The van der Waals surface area contributed by atoms with Gasteiger partial charge in [-0.1, -0.05) is 54.6 Å². The van der Waals surface area contributed by atoms with Crippen LogP contribution in [0.1, 0.15) is 31.0 Å². The topological polar surface area (TPSA) is 36.4 Å². The molecule has 1 unspecified atom stereocenters. The van der Waals surface area contributed by atoms with Crippen molar-refractivity contribution in [2.75, 3.05) is 6.54 Å². The number of halogens is 5. The first-order valence-corrected chi connectivity index (χ1v) is 11.1. The molecule has 4 rings (SSSR count). The zero-order chi connectivity index (χ0) is 25.5. The molecule has 1 aliphatic rings. The second-order valence-electron chi connectivity index (χ2n) is 7.83. The van der Waals surface area contributed by atoms with Crippen molar-refractivity contribution in [2.45, 2.75) is 19.9 Å².